The highest BCUT2D eigenvalue weighted by Gasteiger charge is 2.15. The van der Waals surface area contributed by atoms with Gasteiger partial charge in [-0.1, -0.05) is 13.0 Å². The third-order valence-corrected chi connectivity index (χ3v) is 2.70. The molecule has 0 spiro atoms. The number of rotatable bonds is 1. The van der Waals surface area contributed by atoms with Crippen molar-refractivity contribution in [2.75, 3.05) is 13.1 Å². The van der Waals surface area contributed by atoms with Crippen molar-refractivity contribution in [2.45, 2.75) is 26.8 Å². The molecule has 0 unspecified atom stereocenters. The van der Waals surface area contributed by atoms with Gasteiger partial charge in [-0.25, -0.2) is 0 Å². The van der Waals surface area contributed by atoms with Crippen LogP contribution in [0.1, 0.15) is 23.7 Å². The largest absolute Gasteiger partial charge is 0.299 e. The molecule has 0 bridgehead atoms. The van der Waals surface area contributed by atoms with Crippen LogP contribution in [0.15, 0.2) is 12.3 Å². The molecule has 13 heavy (non-hydrogen) atoms. The topological polar surface area (TPSA) is 16.1 Å². The van der Waals surface area contributed by atoms with E-state index in [-0.39, 0.29) is 0 Å². The fourth-order valence-corrected chi connectivity index (χ4v) is 1.87. The zero-order valence-corrected chi connectivity index (χ0v) is 8.38. The Hall–Kier alpha value is -0.890. The fraction of sp³-hybridized carbons (Fsp3) is 0.545. The Bertz CT molecular complexity index is 307. The minimum absolute atomic E-state index is 1.08. The molecule has 1 aliphatic rings. The predicted molar refractivity (Wildman–Crippen MR) is 53.6 cm³/mol. The molecule has 2 rings (SSSR count). The molecule has 0 amide bonds. The van der Waals surface area contributed by atoms with Crippen molar-refractivity contribution in [3.8, 4) is 0 Å². The third kappa shape index (κ3) is 1.73. The number of hydrogen-bond donors (Lipinski definition) is 0. The monoisotopic (exact) mass is 176 g/mol. The standard InChI is InChI=1S/C11H16N2/c1-3-13-5-4-11-10(8-13)6-9(2)7-12-11/h6-7H,3-5,8H2,1-2H3. The molecular weight excluding hydrogens is 160 g/mol. The van der Waals surface area contributed by atoms with E-state index in [0.717, 1.165) is 19.5 Å². The number of aryl methyl sites for hydroxylation is 1. The second-order valence-electron chi connectivity index (χ2n) is 3.74. The minimum atomic E-state index is 1.08. The highest BCUT2D eigenvalue weighted by Crippen LogP contribution is 2.17. The number of likely N-dealkylation sites (N-methyl/N-ethyl adjacent to an activating group) is 1. The molecule has 0 saturated heterocycles. The lowest BCUT2D eigenvalue weighted by Gasteiger charge is -2.26. The van der Waals surface area contributed by atoms with Crippen molar-refractivity contribution in [1.82, 2.24) is 9.88 Å². The summed E-state index contributed by atoms with van der Waals surface area (Å²) in [6, 6.07) is 2.27. The van der Waals surface area contributed by atoms with E-state index < -0.39 is 0 Å². The van der Waals surface area contributed by atoms with Crippen LogP contribution >= 0.6 is 0 Å². The van der Waals surface area contributed by atoms with Crippen LogP contribution in [0.25, 0.3) is 0 Å². The Balaban J connectivity index is 2.27. The number of nitrogens with zero attached hydrogens (tertiary/aromatic N) is 2. The quantitative estimate of drug-likeness (QED) is 0.648. The first-order valence-corrected chi connectivity index (χ1v) is 4.96. The molecule has 0 radical (unpaired) electrons. The molecule has 0 aliphatic carbocycles. The number of aromatic nitrogens is 1. The molecule has 0 saturated carbocycles. The summed E-state index contributed by atoms with van der Waals surface area (Å²) in [6.07, 6.45) is 3.09. The Labute approximate surface area is 79.6 Å². The summed E-state index contributed by atoms with van der Waals surface area (Å²) in [7, 11) is 0. The van der Waals surface area contributed by atoms with Crippen LogP contribution in [0, 0.1) is 6.92 Å². The Morgan fingerprint density at radius 3 is 3.15 bits per heavy atom. The minimum Gasteiger partial charge on any atom is -0.299 e. The highest BCUT2D eigenvalue weighted by molar-refractivity contribution is 5.26. The van der Waals surface area contributed by atoms with Crippen LogP contribution in [-0.2, 0) is 13.0 Å². The van der Waals surface area contributed by atoms with Gasteiger partial charge in [-0.15, -0.1) is 0 Å². The van der Waals surface area contributed by atoms with Crippen LogP contribution in [-0.4, -0.2) is 23.0 Å². The van der Waals surface area contributed by atoms with Gasteiger partial charge in [-0.2, -0.15) is 0 Å². The van der Waals surface area contributed by atoms with E-state index in [1.165, 1.54) is 23.4 Å². The second kappa shape index (κ2) is 3.46. The zero-order valence-electron chi connectivity index (χ0n) is 8.38. The number of hydrogen-bond acceptors (Lipinski definition) is 2. The van der Waals surface area contributed by atoms with Gasteiger partial charge in [0.2, 0.25) is 0 Å². The van der Waals surface area contributed by atoms with Crippen LogP contribution in [0.2, 0.25) is 0 Å². The molecular formula is C11H16N2. The molecule has 0 aromatic carbocycles. The lowest BCUT2D eigenvalue weighted by atomic mass is 10.0. The van der Waals surface area contributed by atoms with E-state index in [1.54, 1.807) is 0 Å². The van der Waals surface area contributed by atoms with E-state index in [4.69, 9.17) is 0 Å². The van der Waals surface area contributed by atoms with Gasteiger partial charge in [0.25, 0.3) is 0 Å². The Morgan fingerprint density at radius 2 is 2.38 bits per heavy atom. The van der Waals surface area contributed by atoms with Crippen LogP contribution in [0.4, 0.5) is 0 Å². The van der Waals surface area contributed by atoms with E-state index in [9.17, 15) is 0 Å². The summed E-state index contributed by atoms with van der Waals surface area (Å²) in [4.78, 5) is 6.92. The highest BCUT2D eigenvalue weighted by atomic mass is 15.1. The van der Waals surface area contributed by atoms with Crippen LogP contribution in [0.5, 0.6) is 0 Å². The SMILES string of the molecule is CCN1CCc2ncc(C)cc2C1. The van der Waals surface area contributed by atoms with Gasteiger partial charge in [-0.05, 0) is 24.6 Å². The van der Waals surface area contributed by atoms with Crippen molar-refractivity contribution in [3.05, 3.63) is 29.1 Å². The van der Waals surface area contributed by atoms with Gasteiger partial charge in [0.1, 0.15) is 0 Å². The summed E-state index contributed by atoms with van der Waals surface area (Å²) in [5, 5.41) is 0. The zero-order chi connectivity index (χ0) is 9.26. The molecule has 2 heterocycles. The molecule has 0 atom stereocenters. The van der Waals surface area contributed by atoms with Gasteiger partial charge in [0.05, 0.1) is 0 Å². The first-order valence-electron chi connectivity index (χ1n) is 4.96. The van der Waals surface area contributed by atoms with E-state index in [0.29, 0.717) is 0 Å². The van der Waals surface area contributed by atoms with Gasteiger partial charge in [0, 0.05) is 31.4 Å². The van der Waals surface area contributed by atoms with Gasteiger partial charge in [0.15, 0.2) is 0 Å². The Kier molecular flexibility index (Phi) is 2.32. The summed E-state index contributed by atoms with van der Waals surface area (Å²) in [6.45, 7) is 7.72. The number of pyridine rings is 1. The second-order valence-corrected chi connectivity index (χ2v) is 3.74. The van der Waals surface area contributed by atoms with Crippen molar-refractivity contribution < 1.29 is 0 Å². The van der Waals surface area contributed by atoms with E-state index in [1.807, 2.05) is 6.20 Å². The molecule has 1 aliphatic heterocycles. The summed E-state index contributed by atoms with van der Waals surface area (Å²) in [5.74, 6) is 0. The smallest absolute Gasteiger partial charge is 0.0461 e. The maximum absolute atomic E-state index is 4.46. The maximum atomic E-state index is 4.46. The summed E-state index contributed by atoms with van der Waals surface area (Å²) in [5.41, 5.74) is 4.00. The van der Waals surface area contributed by atoms with Crippen molar-refractivity contribution >= 4 is 0 Å². The predicted octanol–water partition coefficient (Wildman–Crippen LogP) is 1.77. The summed E-state index contributed by atoms with van der Waals surface area (Å²) >= 11 is 0. The molecule has 0 fully saturated rings. The fourth-order valence-electron chi connectivity index (χ4n) is 1.87. The van der Waals surface area contributed by atoms with E-state index in [2.05, 4.69) is 29.8 Å². The van der Waals surface area contributed by atoms with Gasteiger partial charge in [-0.3, -0.25) is 9.88 Å². The Morgan fingerprint density at radius 1 is 1.54 bits per heavy atom. The first-order chi connectivity index (χ1) is 6.29. The van der Waals surface area contributed by atoms with Crippen molar-refractivity contribution in [1.29, 1.82) is 0 Å². The lowest BCUT2D eigenvalue weighted by Crippen LogP contribution is -2.30. The van der Waals surface area contributed by atoms with Crippen LogP contribution in [0.3, 0.4) is 0 Å². The van der Waals surface area contributed by atoms with Gasteiger partial charge >= 0.3 is 0 Å². The third-order valence-electron chi connectivity index (χ3n) is 2.70. The number of fused-ring (bicyclic) bond motifs is 1. The maximum Gasteiger partial charge on any atom is 0.0461 e. The van der Waals surface area contributed by atoms with E-state index >= 15 is 0 Å². The average molecular weight is 176 g/mol. The lowest BCUT2D eigenvalue weighted by molar-refractivity contribution is 0.265. The molecule has 0 N–H and O–H groups in total. The van der Waals surface area contributed by atoms with Gasteiger partial charge < -0.3 is 0 Å². The van der Waals surface area contributed by atoms with Crippen molar-refractivity contribution in [3.63, 3.8) is 0 Å². The molecule has 2 nitrogen and oxygen atoms in total. The van der Waals surface area contributed by atoms with Crippen molar-refractivity contribution in [2.24, 2.45) is 0 Å². The molecule has 2 heteroatoms. The normalized spacial score (nSPS) is 17.1. The average Bonchev–Trinajstić information content (AvgIpc) is 2.16. The molecule has 1 aromatic rings. The first kappa shape index (κ1) is 8.70. The van der Waals surface area contributed by atoms with Crippen LogP contribution < -0.4 is 0 Å². The summed E-state index contributed by atoms with van der Waals surface area (Å²) < 4.78 is 0. The molecule has 1 aromatic heterocycles. The molecule has 70 valence electrons.